The van der Waals surface area contributed by atoms with Crippen molar-refractivity contribution in [2.45, 2.75) is 34.2 Å². The van der Waals surface area contributed by atoms with Gasteiger partial charge in [0.05, 0.1) is 4.92 Å². The Morgan fingerprint density at radius 3 is 2.43 bits per heavy atom. The fourth-order valence-corrected chi connectivity index (χ4v) is 4.53. The fraction of sp³-hybridized carbons (Fsp3) is 0.185. The van der Waals surface area contributed by atoms with E-state index in [0.29, 0.717) is 11.1 Å². The smallest absolute Gasteiger partial charge is 0.293 e. The van der Waals surface area contributed by atoms with E-state index >= 15 is 0 Å². The second kappa shape index (κ2) is 9.68. The molecule has 0 saturated heterocycles. The highest BCUT2D eigenvalue weighted by atomic mass is 32.1. The molecule has 0 fully saturated rings. The number of nitro groups is 1. The molecule has 1 amide bonds. The number of benzene rings is 3. The van der Waals surface area contributed by atoms with Gasteiger partial charge in [-0.25, -0.2) is 0 Å². The minimum absolute atomic E-state index is 0.000278. The van der Waals surface area contributed by atoms with Crippen molar-refractivity contribution in [1.82, 2.24) is 9.88 Å². The minimum atomic E-state index is -0.466. The third kappa shape index (κ3) is 4.93. The number of amides is 1. The quantitative estimate of drug-likeness (QED) is 0.206. The SMILES string of the molecule is Cc1cc(C)c(NC(=S)NC(=O)c2ccc3c(c2)c(C)c(C)n3Cc2ccccc2)c([N+](=O)[O-])c1. The van der Waals surface area contributed by atoms with Gasteiger partial charge in [0.15, 0.2) is 5.11 Å². The van der Waals surface area contributed by atoms with Gasteiger partial charge in [-0.05, 0) is 80.4 Å². The summed E-state index contributed by atoms with van der Waals surface area (Å²) in [7, 11) is 0. The molecule has 0 aliphatic rings. The molecule has 1 aromatic heterocycles. The summed E-state index contributed by atoms with van der Waals surface area (Å²) in [5, 5.41) is 18.0. The van der Waals surface area contributed by atoms with E-state index in [-0.39, 0.29) is 22.4 Å². The molecule has 0 saturated carbocycles. The first-order chi connectivity index (χ1) is 16.7. The average molecular weight is 487 g/mol. The van der Waals surface area contributed by atoms with Crippen molar-refractivity contribution in [1.29, 1.82) is 0 Å². The van der Waals surface area contributed by atoms with E-state index in [4.69, 9.17) is 12.2 Å². The maximum absolute atomic E-state index is 13.0. The van der Waals surface area contributed by atoms with Crippen LogP contribution in [0.5, 0.6) is 0 Å². The number of carbonyl (C=O) groups excluding carboxylic acids is 1. The van der Waals surface area contributed by atoms with Crippen molar-refractivity contribution >= 4 is 45.5 Å². The Kier molecular flexibility index (Phi) is 6.66. The number of aryl methyl sites for hydroxylation is 3. The Morgan fingerprint density at radius 1 is 1.03 bits per heavy atom. The Bertz CT molecular complexity index is 1480. The first-order valence-electron chi connectivity index (χ1n) is 11.2. The highest BCUT2D eigenvalue weighted by molar-refractivity contribution is 7.80. The molecule has 0 aliphatic heterocycles. The lowest BCUT2D eigenvalue weighted by molar-refractivity contribution is -0.384. The van der Waals surface area contributed by atoms with Gasteiger partial charge in [-0.3, -0.25) is 20.2 Å². The number of hydrogen-bond acceptors (Lipinski definition) is 4. The van der Waals surface area contributed by atoms with Crippen LogP contribution < -0.4 is 10.6 Å². The molecule has 4 rings (SSSR count). The molecule has 0 bridgehead atoms. The number of thiocarbonyl (C=S) groups is 1. The number of hydrogen-bond donors (Lipinski definition) is 2. The average Bonchev–Trinajstić information content (AvgIpc) is 3.05. The van der Waals surface area contributed by atoms with Gasteiger partial charge >= 0.3 is 0 Å². The third-order valence-electron chi connectivity index (χ3n) is 6.21. The number of anilines is 1. The van der Waals surface area contributed by atoms with Gasteiger partial charge < -0.3 is 9.88 Å². The molecule has 178 valence electrons. The molecule has 0 aliphatic carbocycles. The molecular formula is C27H26N4O3S. The van der Waals surface area contributed by atoms with Crippen LogP contribution in [0.25, 0.3) is 10.9 Å². The van der Waals surface area contributed by atoms with Crippen molar-refractivity contribution in [3.05, 3.63) is 104 Å². The molecule has 7 nitrogen and oxygen atoms in total. The van der Waals surface area contributed by atoms with Crippen LogP contribution in [-0.2, 0) is 6.54 Å². The normalized spacial score (nSPS) is 10.9. The zero-order valence-corrected chi connectivity index (χ0v) is 20.8. The standard InChI is InChI=1S/C27H26N4O3S/c1-16-12-17(2)25(24(13-16)31(33)34)28-27(35)29-26(32)21-10-11-23-22(14-21)18(3)19(4)30(23)15-20-8-6-5-7-9-20/h5-14H,15H2,1-4H3,(H2,28,29,32,35). The first-order valence-corrected chi connectivity index (χ1v) is 11.6. The minimum Gasteiger partial charge on any atom is -0.340 e. The van der Waals surface area contributed by atoms with E-state index in [2.05, 4.69) is 34.3 Å². The zero-order valence-electron chi connectivity index (χ0n) is 20.0. The number of carbonyl (C=O) groups is 1. The maximum atomic E-state index is 13.0. The predicted molar refractivity (Wildman–Crippen MR) is 143 cm³/mol. The van der Waals surface area contributed by atoms with Crippen LogP contribution in [0.1, 0.15) is 38.3 Å². The lowest BCUT2D eigenvalue weighted by Crippen LogP contribution is -2.34. The third-order valence-corrected chi connectivity index (χ3v) is 6.41. The lowest BCUT2D eigenvalue weighted by Gasteiger charge is -2.13. The molecular weight excluding hydrogens is 460 g/mol. The van der Waals surface area contributed by atoms with Crippen LogP contribution >= 0.6 is 12.2 Å². The summed E-state index contributed by atoms with van der Waals surface area (Å²) >= 11 is 5.30. The summed E-state index contributed by atoms with van der Waals surface area (Å²) in [6.45, 7) is 8.41. The van der Waals surface area contributed by atoms with Gasteiger partial charge in [0, 0.05) is 34.8 Å². The molecule has 8 heteroatoms. The van der Waals surface area contributed by atoms with Gasteiger partial charge in [0.2, 0.25) is 0 Å². The van der Waals surface area contributed by atoms with Crippen molar-refractivity contribution in [2.24, 2.45) is 0 Å². The molecule has 35 heavy (non-hydrogen) atoms. The van der Waals surface area contributed by atoms with Crippen molar-refractivity contribution in [3.63, 3.8) is 0 Å². The number of aromatic nitrogens is 1. The fourth-order valence-electron chi connectivity index (χ4n) is 4.33. The second-order valence-corrected chi connectivity index (χ2v) is 9.06. The highest BCUT2D eigenvalue weighted by Gasteiger charge is 2.20. The Balaban J connectivity index is 1.57. The monoisotopic (exact) mass is 486 g/mol. The van der Waals surface area contributed by atoms with E-state index < -0.39 is 4.92 Å². The number of nitrogens with zero attached hydrogens (tertiary/aromatic N) is 2. The molecule has 0 spiro atoms. The van der Waals surface area contributed by atoms with Gasteiger partial charge in [-0.15, -0.1) is 0 Å². The summed E-state index contributed by atoms with van der Waals surface area (Å²) in [4.78, 5) is 24.0. The van der Waals surface area contributed by atoms with Gasteiger partial charge in [0.1, 0.15) is 5.69 Å². The summed E-state index contributed by atoms with van der Waals surface area (Å²) in [5.41, 5.74) is 6.57. The van der Waals surface area contributed by atoms with Crippen LogP contribution in [0.2, 0.25) is 0 Å². The topological polar surface area (TPSA) is 89.2 Å². The summed E-state index contributed by atoms with van der Waals surface area (Å²) in [6, 6.07) is 19.1. The van der Waals surface area contributed by atoms with Crippen LogP contribution in [0.15, 0.2) is 60.7 Å². The number of rotatable bonds is 5. The van der Waals surface area contributed by atoms with E-state index in [1.54, 1.807) is 19.9 Å². The van der Waals surface area contributed by atoms with Crippen molar-refractivity contribution in [3.8, 4) is 0 Å². The molecule has 0 radical (unpaired) electrons. The lowest BCUT2D eigenvalue weighted by atomic mass is 10.1. The van der Waals surface area contributed by atoms with Gasteiger partial charge in [-0.1, -0.05) is 36.4 Å². The molecule has 2 N–H and O–H groups in total. The van der Waals surface area contributed by atoms with Crippen molar-refractivity contribution < 1.29 is 9.72 Å². The van der Waals surface area contributed by atoms with Gasteiger partial charge in [0.25, 0.3) is 11.6 Å². The van der Waals surface area contributed by atoms with Crippen LogP contribution in [0.4, 0.5) is 11.4 Å². The van der Waals surface area contributed by atoms with Gasteiger partial charge in [-0.2, -0.15) is 0 Å². The second-order valence-electron chi connectivity index (χ2n) is 8.66. The predicted octanol–water partition coefficient (Wildman–Crippen LogP) is 5.96. The largest absolute Gasteiger partial charge is 0.340 e. The van der Waals surface area contributed by atoms with E-state index in [0.717, 1.165) is 34.3 Å². The molecule has 0 unspecified atom stereocenters. The first kappa shape index (κ1) is 24.1. The Hall–Kier alpha value is -4.04. The molecule has 4 aromatic rings. The van der Waals surface area contributed by atoms with Crippen LogP contribution in [-0.4, -0.2) is 20.5 Å². The summed E-state index contributed by atoms with van der Waals surface area (Å²) in [6.07, 6.45) is 0. The molecule has 0 atom stereocenters. The maximum Gasteiger partial charge on any atom is 0.293 e. The summed E-state index contributed by atoms with van der Waals surface area (Å²) in [5.74, 6) is -0.385. The molecule has 3 aromatic carbocycles. The van der Waals surface area contributed by atoms with Crippen molar-refractivity contribution in [2.75, 3.05) is 5.32 Å². The Labute approximate surface area is 208 Å². The van der Waals surface area contributed by atoms with Crippen LogP contribution in [0.3, 0.4) is 0 Å². The summed E-state index contributed by atoms with van der Waals surface area (Å²) < 4.78 is 2.24. The van der Waals surface area contributed by atoms with E-state index in [1.807, 2.05) is 43.3 Å². The van der Waals surface area contributed by atoms with E-state index in [9.17, 15) is 14.9 Å². The number of nitrogens with one attached hydrogen (secondary N) is 2. The molecule has 1 heterocycles. The number of nitro benzene ring substituents is 1. The Morgan fingerprint density at radius 2 is 1.74 bits per heavy atom. The van der Waals surface area contributed by atoms with E-state index in [1.165, 1.54) is 11.6 Å². The van der Waals surface area contributed by atoms with Crippen LogP contribution in [0, 0.1) is 37.8 Å². The highest BCUT2D eigenvalue weighted by Crippen LogP contribution is 2.30. The number of fused-ring (bicyclic) bond motifs is 1. The zero-order chi connectivity index (χ0) is 25.3.